The van der Waals surface area contributed by atoms with Crippen molar-refractivity contribution in [1.82, 2.24) is 19.8 Å². The summed E-state index contributed by atoms with van der Waals surface area (Å²) in [7, 11) is 0. The molecular formula is C30H36ClN5O4. The fraction of sp³-hybridized carbons (Fsp3) is 0.400. The van der Waals surface area contributed by atoms with E-state index >= 15 is 0 Å². The van der Waals surface area contributed by atoms with E-state index in [0.717, 1.165) is 25.1 Å². The van der Waals surface area contributed by atoms with E-state index in [1.54, 1.807) is 31.3 Å². The second kappa shape index (κ2) is 13.5. The van der Waals surface area contributed by atoms with Crippen LogP contribution in [0, 0.1) is 18.8 Å². The van der Waals surface area contributed by atoms with Gasteiger partial charge in [0.1, 0.15) is 12.3 Å². The predicted molar refractivity (Wildman–Crippen MR) is 156 cm³/mol. The fourth-order valence-electron chi connectivity index (χ4n) is 4.64. The number of likely N-dealkylation sites (tertiary alicyclic amines) is 1. The number of halogens is 1. The number of carbonyl (C=O) groups is 2. The number of amides is 2. The van der Waals surface area contributed by atoms with Crippen LogP contribution in [0.3, 0.4) is 0 Å². The van der Waals surface area contributed by atoms with Crippen molar-refractivity contribution in [2.45, 2.75) is 40.3 Å². The Morgan fingerprint density at radius 2 is 1.82 bits per heavy atom. The maximum atomic E-state index is 13.0. The number of nitrogens with zero attached hydrogens (tertiary/aromatic N) is 3. The number of nitrogens with one attached hydrogen (secondary N) is 2. The third-order valence-electron chi connectivity index (χ3n) is 7.30. The van der Waals surface area contributed by atoms with Crippen LogP contribution >= 0.6 is 11.6 Å². The van der Waals surface area contributed by atoms with Gasteiger partial charge in [0, 0.05) is 48.7 Å². The summed E-state index contributed by atoms with van der Waals surface area (Å²) < 4.78 is 7.23. The van der Waals surface area contributed by atoms with Crippen LogP contribution < -0.4 is 20.9 Å². The summed E-state index contributed by atoms with van der Waals surface area (Å²) in [6, 6.07) is 15.0. The highest BCUT2D eigenvalue weighted by molar-refractivity contribution is 6.30. The highest BCUT2D eigenvalue weighted by Gasteiger charge is 2.29. The van der Waals surface area contributed by atoms with Crippen molar-refractivity contribution in [3.63, 3.8) is 0 Å². The minimum absolute atomic E-state index is 0.0677. The summed E-state index contributed by atoms with van der Waals surface area (Å²) in [5.74, 6) is 1.17. The van der Waals surface area contributed by atoms with Gasteiger partial charge < -0.3 is 20.3 Å². The molecule has 1 aliphatic heterocycles. The molecule has 212 valence electrons. The third-order valence-corrected chi connectivity index (χ3v) is 7.53. The number of aromatic nitrogens is 2. The first-order valence-electron chi connectivity index (χ1n) is 13.5. The van der Waals surface area contributed by atoms with Crippen LogP contribution in [-0.2, 0) is 29.1 Å². The van der Waals surface area contributed by atoms with E-state index < -0.39 is 0 Å². The minimum Gasteiger partial charge on any atom is -0.483 e. The molecule has 2 unspecified atom stereocenters. The molecule has 2 heterocycles. The van der Waals surface area contributed by atoms with Crippen molar-refractivity contribution in [2.75, 3.05) is 31.6 Å². The number of carbonyl (C=O) groups excluding carboxylic acids is 2. The maximum absolute atomic E-state index is 13.0. The number of ether oxygens (including phenoxy) is 1. The average Bonchev–Trinajstić information content (AvgIpc) is 3.28. The molecule has 1 aromatic heterocycles. The smallest absolute Gasteiger partial charge is 0.293 e. The molecule has 0 bridgehead atoms. The number of anilines is 1. The SMILES string of the molecule is Cc1cnc(NCCc2ccccc2)c(=O)n1CC(=O)NCc1cc(Cl)ccc1OCC(=O)N1CC(C)C(C)C1. The van der Waals surface area contributed by atoms with Gasteiger partial charge in [-0.1, -0.05) is 55.8 Å². The van der Waals surface area contributed by atoms with E-state index in [0.29, 0.717) is 40.4 Å². The van der Waals surface area contributed by atoms with Gasteiger partial charge >= 0.3 is 0 Å². The summed E-state index contributed by atoms with van der Waals surface area (Å²) in [6.07, 6.45) is 2.31. The second-order valence-electron chi connectivity index (χ2n) is 10.4. The molecule has 3 aromatic rings. The van der Waals surface area contributed by atoms with Gasteiger partial charge in [0.15, 0.2) is 12.4 Å². The zero-order valence-corrected chi connectivity index (χ0v) is 23.9. The van der Waals surface area contributed by atoms with Crippen LogP contribution in [0.1, 0.15) is 30.7 Å². The highest BCUT2D eigenvalue weighted by Crippen LogP contribution is 2.25. The molecule has 0 aliphatic carbocycles. The number of hydrogen-bond acceptors (Lipinski definition) is 6. The molecule has 10 heteroatoms. The van der Waals surface area contributed by atoms with E-state index in [-0.39, 0.29) is 42.9 Å². The number of hydrogen-bond donors (Lipinski definition) is 2. The molecule has 40 heavy (non-hydrogen) atoms. The summed E-state index contributed by atoms with van der Waals surface area (Å²) in [5, 5.41) is 6.40. The van der Waals surface area contributed by atoms with Gasteiger partial charge in [-0.2, -0.15) is 0 Å². The van der Waals surface area contributed by atoms with Gasteiger partial charge in [-0.15, -0.1) is 0 Å². The molecule has 2 atom stereocenters. The zero-order chi connectivity index (χ0) is 28.6. The van der Waals surface area contributed by atoms with E-state index in [1.807, 2.05) is 35.2 Å². The Balaban J connectivity index is 1.34. The standard InChI is InChI=1S/C30H36ClN5O4/c1-20-16-35(17-21(20)2)28(38)19-40-26-10-9-25(31)13-24(26)15-33-27(37)18-36-22(3)14-34-29(30(36)39)32-12-11-23-7-5-4-6-8-23/h4-10,13-14,20-21H,11-12,15-19H2,1-3H3,(H,32,34)(H,33,37). The first kappa shape index (κ1) is 29.1. The highest BCUT2D eigenvalue weighted by atomic mass is 35.5. The summed E-state index contributed by atoms with van der Waals surface area (Å²) in [5.41, 5.74) is 2.00. The summed E-state index contributed by atoms with van der Waals surface area (Å²) in [4.78, 5) is 44.6. The zero-order valence-electron chi connectivity index (χ0n) is 23.2. The first-order chi connectivity index (χ1) is 19.2. The molecule has 1 aliphatic rings. The topological polar surface area (TPSA) is 106 Å². The lowest BCUT2D eigenvalue weighted by Gasteiger charge is -2.18. The Morgan fingerprint density at radius 3 is 2.55 bits per heavy atom. The number of rotatable bonds is 11. The minimum atomic E-state index is -0.362. The lowest BCUT2D eigenvalue weighted by molar-refractivity contribution is -0.132. The van der Waals surface area contributed by atoms with Gasteiger partial charge in [0.25, 0.3) is 11.5 Å². The van der Waals surface area contributed by atoms with E-state index in [4.69, 9.17) is 16.3 Å². The quantitative estimate of drug-likeness (QED) is 0.367. The van der Waals surface area contributed by atoms with Crippen LogP contribution in [0.15, 0.2) is 59.5 Å². The van der Waals surface area contributed by atoms with Gasteiger partial charge in [-0.25, -0.2) is 4.98 Å². The molecule has 0 radical (unpaired) electrons. The Bertz CT molecular complexity index is 1380. The summed E-state index contributed by atoms with van der Waals surface area (Å²) in [6.45, 7) is 7.88. The van der Waals surface area contributed by atoms with Crippen molar-refractivity contribution >= 4 is 29.2 Å². The Kier molecular flexibility index (Phi) is 9.82. The molecule has 4 rings (SSSR count). The lowest BCUT2D eigenvalue weighted by Crippen LogP contribution is -2.35. The first-order valence-corrected chi connectivity index (χ1v) is 13.9. The normalized spacial score (nSPS) is 16.6. The van der Waals surface area contributed by atoms with Crippen molar-refractivity contribution in [3.8, 4) is 5.75 Å². The molecular weight excluding hydrogens is 530 g/mol. The number of aryl methyl sites for hydroxylation is 1. The monoisotopic (exact) mass is 565 g/mol. The Hall–Kier alpha value is -3.85. The van der Waals surface area contributed by atoms with Gasteiger partial charge in [0.05, 0.1) is 0 Å². The Morgan fingerprint density at radius 1 is 1.10 bits per heavy atom. The van der Waals surface area contributed by atoms with E-state index in [2.05, 4.69) is 29.5 Å². The average molecular weight is 566 g/mol. The van der Waals surface area contributed by atoms with Crippen molar-refractivity contribution in [3.05, 3.63) is 86.9 Å². The largest absolute Gasteiger partial charge is 0.483 e. The molecule has 0 saturated carbocycles. The molecule has 0 spiro atoms. The van der Waals surface area contributed by atoms with E-state index in [1.165, 1.54) is 4.57 Å². The molecule has 2 amide bonds. The maximum Gasteiger partial charge on any atom is 0.293 e. The van der Waals surface area contributed by atoms with Gasteiger partial charge in [0.2, 0.25) is 5.91 Å². The van der Waals surface area contributed by atoms with Gasteiger partial charge in [-0.3, -0.25) is 19.0 Å². The molecule has 2 N–H and O–H groups in total. The van der Waals surface area contributed by atoms with E-state index in [9.17, 15) is 14.4 Å². The molecule has 2 aromatic carbocycles. The van der Waals surface area contributed by atoms with Gasteiger partial charge in [-0.05, 0) is 48.9 Å². The molecule has 9 nitrogen and oxygen atoms in total. The van der Waals surface area contributed by atoms with Crippen molar-refractivity contribution in [1.29, 1.82) is 0 Å². The molecule has 1 saturated heterocycles. The molecule has 1 fully saturated rings. The summed E-state index contributed by atoms with van der Waals surface area (Å²) >= 11 is 6.20. The van der Waals surface area contributed by atoms with Crippen LogP contribution in [-0.4, -0.2) is 52.5 Å². The van der Waals surface area contributed by atoms with Crippen LogP contribution in [0.4, 0.5) is 5.82 Å². The van der Waals surface area contributed by atoms with Crippen LogP contribution in [0.5, 0.6) is 5.75 Å². The number of benzene rings is 2. The van der Waals surface area contributed by atoms with Crippen LogP contribution in [0.2, 0.25) is 5.02 Å². The Labute approximate surface area is 239 Å². The van der Waals surface area contributed by atoms with Crippen molar-refractivity contribution in [2.24, 2.45) is 11.8 Å². The predicted octanol–water partition coefficient (Wildman–Crippen LogP) is 3.67. The van der Waals surface area contributed by atoms with Crippen molar-refractivity contribution < 1.29 is 14.3 Å². The van der Waals surface area contributed by atoms with Crippen LogP contribution in [0.25, 0.3) is 0 Å². The third kappa shape index (κ3) is 7.63. The fourth-order valence-corrected chi connectivity index (χ4v) is 4.84. The second-order valence-corrected chi connectivity index (χ2v) is 10.8. The lowest BCUT2D eigenvalue weighted by atomic mass is 10.0.